The lowest BCUT2D eigenvalue weighted by Crippen LogP contribution is -2.02. The molecule has 0 unspecified atom stereocenters. The van der Waals surface area contributed by atoms with E-state index in [4.69, 9.17) is 0 Å². The van der Waals surface area contributed by atoms with E-state index in [2.05, 4.69) is 0 Å². The number of aryl methyl sites for hydroxylation is 2. The van der Waals surface area contributed by atoms with Crippen LogP contribution in [0.3, 0.4) is 0 Å². The molecule has 0 N–H and O–H groups in total. The molecule has 0 aliphatic heterocycles. The highest BCUT2D eigenvalue weighted by Gasteiger charge is 2.09. The molecule has 0 fully saturated rings. The van der Waals surface area contributed by atoms with E-state index in [0.29, 0.717) is 0 Å². The van der Waals surface area contributed by atoms with Crippen LogP contribution in [-0.2, 0) is 0 Å². The molecular formula is C15H15NO. The summed E-state index contributed by atoms with van der Waals surface area (Å²) in [7, 11) is 0. The van der Waals surface area contributed by atoms with Crippen LogP contribution in [0.2, 0.25) is 0 Å². The SMILES string of the molecule is Cc1cccc(C)c1/[N+]([O-])=C/c1ccccc1. The maximum atomic E-state index is 12.1. The van der Waals surface area contributed by atoms with Gasteiger partial charge in [0.1, 0.15) is 0 Å². The van der Waals surface area contributed by atoms with E-state index in [9.17, 15) is 5.21 Å². The quantitative estimate of drug-likeness (QED) is 0.332. The van der Waals surface area contributed by atoms with E-state index in [1.807, 2.05) is 62.4 Å². The third-order valence-corrected chi connectivity index (χ3v) is 2.73. The maximum Gasteiger partial charge on any atom is 0.222 e. The van der Waals surface area contributed by atoms with Gasteiger partial charge in [-0.25, -0.2) is 0 Å². The van der Waals surface area contributed by atoms with Crippen molar-refractivity contribution in [2.24, 2.45) is 0 Å². The van der Waals surface area contributed by atoms with E-state index >= 15 is 0 Å². The zero-order chi connectivity index (χ0) is 12.3. The van der Waals surface area contributed by atoms with Crippen LogP contribution in [0.4, 0.5) is 5.69 Å². The summed E-state index contributed by atoms with van der Waals surface area (Å²) in [6.07, 6.45) is 1.61. The molecule has 2 nitrogen and oxygen atoms in total. The van der Waals surface area contributed by atoms with Crippen molar-refractivity contribution in [3.8, 4) is 0 Å². The second-order valence-electron chi connectivity index (χ2n) is 4.11. The zero-order valence-electron chi connectivity index (χ0n) is 10.1. The Hall–Kier alpha value is -2.09. The van der Waals surface area contributed by atoms with Crippen molar-refractivity contribution in [3.63, 3.8) is 0 Å². The topological polar surface area (TPSA) is 26.1 Å². The predicted octanol–water partition coefficient (Wildman–Crippen LogP) is 3.56. The summed E-state index contributed by atoms with van der Waals surface area (Å²) >= 11 is 0. The molecule has 17 heavy (non-hydrogen) atoms. The van der Waals surface area contributed by atoms with Gasteiger partial charge in [0.2, 0.25) is 5.69 Å². The lowest BCUT2D eigenvalue weighted by molar-refractivity contribution is -0.355. The van der Waals surface area contributed by atoms with Crippen molar-refractivity contribution < 1.29 is 4.74 Å². The highest BCUT2D eigenvalue weighted by Crippen LogP contribution is 2.22. The van der Waals surface area contributed by atoms with Crippen LogP contribution in [0.5, 0.6) is 0 Å². The van der Waals surface area contributed by atoms with E-state index in [1.54, 1.807) is 6.21 Å². The summed E-state index contributed by atoms with van der Waals surface area (Å²) in [5, 5.41) is 12.1. The molecule has 0 saturated carbocycles. The molecule has 0 radical (unpaired) electrons. The summed E-state index contributed by atoms with van der Waals surface area (Å²) in [5.41, 5.74) is 3.63. The van der Waals surface area contributed by atoms with Gasteiger partial charge in [-0.2, -0.15) is 4.74 Å². The predicted molar refractivity (Wildman–Crippen MR) is 70.8 cm³/mol. The first-order chi connectivity index (χ1) is 8.18. The molecule has 2 aromatic rings. The Morgan fingerprint density at radius 3 is 2.06 bits per heavy atom. The minimum absolute atomic E-state index is 0.733. The van der Waals surface area contributed by atoms with Crippen LogP contribution in [0.15, 0.2) is 48.5 Å². The third kappa shape index (κ3) is 2.53. The molecule has 2 aromatic carbocycles. The van der Waals surface area contributed by atoms with Crippen LogP contribution in [0, 0.1) is 19.1 Å². The van der Waals surface area contributed by atoms with Crippen molar-refractivity contribution >= 4 is 11.9 Å². The fraction of sp³-hybridized carbons (Fsp3) is 0.133. The molecule has 0 aromatic heterocycles. The summed E-state index contributed by atoms with van der Waals surface area (Å²) in [5.74, 6) is 0. The van der Waals surface area contributed by atoms with Gasteiger partial charge in [0, 0.05) is 16.7 Å². The van der Waals surface area contributed by atoms with Crippen molar-refractivity contribution in [2.45, 2.75) is 13.8 Å². The molecule has 0 bridgehead atoms. The number of hydrogen-bond acceptors (Lipinski definition) is 1. The fourth-order valence-corrected chi connectivity index (χ4v) is 1.89. The van der Waals surface area contributed by atoms with Gasteiger partial charge in [-0.3, -0.25) is 0 Å². The van der Waals surface area contributed by atoms with Gasteiger partial charge in [-0.15, -0.1) is 0 Å². The van der Waals surface area contributed by atoms with Crippen molar-refractivity contribution in [1.29, 1.82) is 0 Å². The first kappa shape index (κ1) is 11.4. The van der Waals surface area contributed by atoms with Gasteiger partial charge in [0.15, 0.2) is 6.21 Å². The molecule has 0 atom stereocenters. The number of nitrogens with zero attached hydrogens (tertiary/aromatic N) is 1. The number of rotatable bonds is 2. The number of hydrogen-bond donors (Lipinski definition) is 0. The number of para-hydroxylation sites is 1. The molecule has 0 amide bonds. The summed E-state index contributed by atoms with van der Waals surface area (Å²) in [6.45, 7) is 3.90. The summed E-state index contributed by atoms with van der Waals surface area (Å²) in [6, 6.07) is 15.5. The van der Waals surface area contributed by atoms with Crippen LogP contribution in [-0.4, -0.2) is 11.0 Å². The lowest BCUT2D eigenvalue weighted by atomic mass is 10.1. The molecule has 0 aliphatic rings. The zero-order valence-corrected chi connectivity index (χ0v) is 10.1. The highest BCUT2D eigenvalue weighted by molar-refractivity contribution is 5.76. The van der Waals surface area contributed by atoms with Crippen LogP contribution in [0.25, 0.3) is 0 Å². The average Bonchev–Trinajstić information content (AvgIpc) is 2.30. The average molecular weight is 225 g/mol. The van der Waals surface area contributed by atoms with Crippen molar-refractivity contribution in [3.05, 3.63) is 70.4 Å². The molecule has 2 heteroatoms. The van der Waals surface area contributed by atoms with Crippen LogP contribution in [0.1, 0.15) is 16.7 Å². The van der Waals surface area contributed by atoms with Gasteiger partial charge in [-0.1, -0.05) is 36.4 Å². The molecular weight excluding hydrogens is 210 g/mol. The fourth-order valence-electron chi connectivity index (χ4n) is 1.89. The molecule has 0 spiro atoms. The standard InChI is InChI=1S/C15H15NO/c1-12-7-6-8-13(2)15(12)16(17)11-14-9-4-3-5-10-14/h3-11H,1-2H3/b16-11-. The van der Waals surface area contributed by atoms with Crippen LogP contribution < -0.4 is 0 Å². The van der Waals surface area contributed by atoms with E-state index in [1.165, 1.54) is 0 Å². The molecule has 0 heterocycles. The largest absolute Gasteiger partial charge is 0.618 e. The Labute approximate surface area is 101 Å². The monoisotopic (exact) mass is 225 g/mol. The first-order valence-electron chi connectivity index (χ1n) is 5.61. The van der Waals surface area contributed by atoms with Gasteiger partial charge in [0.25, 0.3) is 0 Å². The second kappa shape index (κ2) is 4.83. The van der Waals surface area contributed by atoms with Gasteiger partial charge >= 0.3 is 0 Å². The molecule has 0 aliphatic carbocycles. The molecule has 86 valence electrons. The maximum absolute atomic E-state index is 12.1. The van der Waals surface area contributed by atoms with Crippen molar-refractivity contribution in [1.82, 2.24) is 0 Å². The Morgan fingerprint density at radius 1 is 0.882 bits per heavy atom. The summed E-state index contributed by atoms with van der Waals surface area (Å²) < 4.78 is 0.944. The second-order valence-corrected chi connectivity index (χ2v) is 4.11. The minimum Gasteiger partial charge on any atom is -0.618 e. The third-order valence-electron chi connectivity index (χ3n) is 2.73. The van der Waals surface area contributed by atoms with Gasteiger partial charge < -0.3 is 5.21 Å². The molecule has 0 saturated heterocycles. The van der Waals surface area contributed by atoms with E-state index in [-0.39, 0.29) is 0 Å². The normalized spacial score (nSPS) is 11.5. The van der Waals surface area contributed by atoms with E-state index < -0.39 is 0 Å². The Balaban J connectivity index is 2.44. The Bertz CT molecular complexity index is 524. The molecule has 2 rings (SSSR count). The minimum atomic E-state index is 0.733. The van der Waals surface area contributed by atoms with Crippen molar-refractivity contribution in [2.75, 3.05) is 0 Å². The van der Waals surface area contributed by atoms with Gasteiger partial charge in [-0.05, 0) is 26.0 Å². The smallest absolute Gasteiger partial charge is 0.222 e. The number of benzene rings is 2. The Kier molecular flexibility index (Phi) is 3.24. The van der Waals surface area contributed by atoms with Crippen LogP contribution >= 0.6 is 0 Å². The highest BCUT2D eigenvalue weighted by atomic mass is 16.5. The van der Waals surface area contributed by atoms with E-state index in [0.717, 1.165) is 27.1 Å². The first-order valence-corrected chi connectivity index (χ1v) is 5.61. The summed E-state index contributed by atoms with van der Waals surface area (Å²) in [4.78, 5) is 0. The Morgan fingerprint density at radius 2 is 1.47 bits per heavy atom. The lowest BCUT2D eigenvalue weighted by Gasteiger charge is -2.08. The van der Waals surface area contributed by atoms with Gasteiger partial charge in [0.05, 0.1) is 0 Å².